The summed E-state index contributed by atoms with van der Waals surface area (Å²) in [5.74, 6) is 0.0980. The van der Waals surface area contributed by atoms with Gasteiger partial charge in [0, 0.05) is 5.56 Å². The van der Waals surface area contributed by atoms with Crippen LogP contribution in [-0.4, -0.2) is 16.0 Å². The average molecular weight is 261 g/mol. The van der Waals surface area contributed by atoms with Crippen LogP contribution >= 0.6 is 11.8 Å². The Morgan fingerprint density at radius 1 is 1.39 bits per heavy atom. The molecule has 0 fully saturated rings. The number of thioether (sulfide) groups is 1. The summed E-state index contributed by atoms with van der Waals surface area (Å²) in [7, 11) is 0. The lowest BCUT2D eigenvalue weighted by molar-refractivity contribution is 0.0993. The fourth-order valence-electron chi connectivity index (χ4n) is 1.61. The maximum atomic E-state index is 12.2. The molecule has 2 rings (SSSR count). The quantitative estimate of drug-likeness (QED) is 0.609. The zero-order valence-electron chi connectivity index (χ0n) is 10.4. The van der Waals surface area contributed by atoms with Gasteiger partial charge in [-0.05, 0) is 18.9 Å². The highest BCUT2D eigenvalue weighted by molar-refractivity contribution is 8.00. The third-order valence-corrected chi connectivity index (χ3v) is 3.67. The number of Topliss-reactive ketones (excluding diaryl/α,β-unsaturated/α-hetero) is 1. The molecule has 0 N–H and O–H groups in total. The predicted octanol–water partition coefficient (Wildman–Crippen LogP) is 3.60. The summed E-state index contributed by atoms with van der Waals surface area (Å²) in [5.41, 5.74) is 1.97. The van der Waals surface area contributed by atoms with Crippen LogP contribution in [0.2, 0.25) is 0 Å². The number of benzene rings is 1. The number of carbonyl (C=O) groups excluding carboxylic acids is 1. The lowest BCUT2D eigenvalue weighted by Gasteiger charge is -2.08. The van der Waals surface area contributed by atoms with Crippen LogP contribution in [0, 0.1) is 0 Å². The van der Waals surface area contributed by atoms with Gasteiger partial charge in [-0.25, -0.2) is 4.98 Å². The summed E-state index contributed by atoms with van der Waals surface area (Å²) in [6, 6.07) is 7.76. The third kappa shape index (κ3) is 3.01. The number of rotatable bonds is 5. The highest BCUT2D eigenvalue weighted by Crippen LogP contribution is 2.24. The van der Waals surface area contributed by atoms with Crippen molar-refractivity contribution in [3.8, 4) is 0 Å². The van der Waals surface area contributed by atoms with E-state index in [0.717, 1.165) is 12.0 Å². The van der Waals surface area contributed by atoms with Crippen molar-refractivity contribution in [1.82, 2.24) is 4.98 Å². The molecule has 0 spiro atoms. The second kappa shape index (κ2) is 5.87. The van der Waals surface area contributed by atoms with Crippen LogP contribution in [0.25, 0.3) is 0 Å². The molecule has 0 aliphatic rings. The number of nitrogens with zero attached hydrogens (tertiary/aromatic N) is 1. The first kappa shape index (κ1) is 12.9. The van der Waals surface area contributed by atoms with Crippen LogP contribution in [0.1, 0.15) is 29.8 Å². The van der Waals surface area contributed by atoms with Crippen molar-refractivity contribution in [2.75, 3.05) is 0 Å². The molecular formula is C14H15NO2S. The molecule has 0 radical (unpaired) electrons. The summed E-state index contributed by atoms with van der Waals surface area (Å²) in [4.78, 5) is 16.2. The summed E-state index contributed by atoms with van der Waals surface area (Å²) in [5, 5.41) is 0.331. The number of hydrogen-bond acceptors (Lipinski definition) is 4. The zero-order chi connectivity index (χ0) is 13.0. The Morgan fingerprint density at radius 3 is 2.67 bits per heavy atom. The smallest absolute Gasteiger partial charge is 0.256 e. The Balaban J connectivity index is 2.05. The molecular weight excluding hydrogens is 246 g/mol. The molecule has 18 heavy (non-hydrogen) atoms. The molecule has 0 saturated carbocycles. The largest absolute Gasteiger partial charge is 0.440 e. The summed E-state index contributed by atoms with van der Waals surface area (Å²) < 4.78 is 5.13. The average Bonchev–Trinajstić information content (AvgIpc) is 2.91. The van der Waals surface area contributed by atoms with Gasteiger partial charge in [0.2, 0.25) is 0 Å². The van der Waals surface area contributed by atoms with Gasteiger partial charge in [0.1, 0.15) is 6.26 Å². The van der Waals surface area contributed by atoms with E-state index in [-0.39, 0.29) is 11.0 Å². The Bertz CT molecular complexity index is 505. The predicted molar refractivity (Wildman–Crippen MR) is 72.0 cm³/mol. The van der Waals surface area contributed by atoms with Gasteiger partial charge in [0.25, 0.3) is 5.22 Å². The van der Waals surface area contributed by atoms with E-state index in [4.69, 9.17) is 4.42 Å². The Kier molecular flexibility index (Phi) is 4.20. The number of aromatic nitrogens is 1. The number of aryl methyl sites for hydroxylation is 1. The van der Waals surface area contributed by atoms with Crippen molar-refractivity contribution in [2.24, 2.45) is 0 Å². The van der Waals surface area contributed by atoms with Gasteiger partial charge in [0.05, 0.1) is 11.4 Å². The van der Waals surface area contributed by atoms with Crippen molar-refractivity contribution < 1.29 is 9.21 Å². The first-order valence-electron chi connectivity index (χ1n) is 5.90. The zero-order valence-corrected chi connectivity index (χ0v) is 11.2. The molecule has 1 aromatic heterocycles. The van der Waals surface area contributed by atoms with E-state index in [1.165, 1.54) is 23.6 Å². The molecule has 94 valence electrons. The molecule has 0 aliphatic heterocycles. The highest BCUT2D eigenvalue weighted by Gasteiger charge is 2.18. The first-order valence-corrected chi connectivity index (χ1v) is 6.78. The molecule has 2 aromatic rings. The van der Waals surface area contributed by atoms with Gasteiger partial charge < -0.3 is 4.42 Å². The van der Waals surface area contributed by atoms with Gasteiger partial charge in [-0.2, -0.15) is 0 Å². The lowest BCUT2D eigenvalue weighted by atomic mass is 10.1. The van der Waals surface area contributed by atoms with E-state index >= 15 is 0 Å². The molecule has 0 amide bonds. The second-order valence-electron chi connectivity index (χ2n) is 3.97. The number of oxazole rings is 1. The SMILES string of the molecule is CCc1ccc(C(=O)C(C)Sc2ncco2)cc1. The fourth-order valence-corrected chi connectivity index (χ4v) is 2.39. The van der Waals surface area contributed by atoms with E-state index in [2.05, 4.69) is 11.9 Å². The van der Waals surface area contributed by atoms with Crippen LogP contribution in [-0.2, 0) is 6.42 Å². The molecule has 1 atom stereocenters. The summed E-state index contributed by atoms with van der Waals surface area (Å²) >= 11 is 1.34. The van der Waals surface area contributed by atoms with Crippen molar-refractivity contribution in [3.05, 3.63) is 47.9 Å². The fraction of sp³-hybridized carbons (Fsp3) is 0.286. The number of ketones is 1. The number of hydrogen-bond donors (Lipinski definition) is 0. The van der Waals surface area contributed by atoms with Gasteiger partial charge in [-0.3, -0.25) is 4.79 Å². The van der Waals surface area contributed by atoms with Gasteiger partial charge >= 0.3 is 0 Å². The van der Waals surface area contributed by atoms with Crippen molar-refractivity contribution >= 4 is 17.5 Å². The monoisotopic (exact) mass is 261 g/mol. The third-order valence-electron chi connectivity index (χ3n) is 2.70. The van der Waals surface area contributed by atoms with Gasteiger partial charge in [-0.1, -0.05) is 43.0 Å². The standard InChI is InChI=1S/C14H15NO2S/c1-3-11-4-6-12(7-5-11)13(16)10(2)18-14-15-8-9-17-14/h4-10H,3H2,1-2H3. The van der Waals surface area contributed by atoms with Crippen molar-refractivity contribution in [1.29, 1.82) is 0 Å². The van der Waals surface area contributed by atoms with E-state index < -0.39 is 0 Å². The van der Waals surface area contributed by atoms with Crippen LogP contribution in [0.3, 0.4) is 0 Å². The molecule has 0 saturated heterocycles. The summed E-state index contributed by atoms with van der Waals surface area (Å²) in [6.07, 6.45) is 4.07. The minimum atomic E-state index is -0.198. The van der Waals surface area contributed by atoms with Crippen LogP contribution < -0.4 is 0 Å². The molecule has 1 heterocycles. The highest BCUT2D eigenvalue weighted by atomic mass is 32.2. The maximum Gasteiger partial charge on any atom is 0.256 e. The van der Waals surface area contributed by atoms with E-state index in [1.54, 1.807) is 6.20 Å². The van der Waals surface area contributed by atoms with Crippen LogP contribution in [0.4, 0.5) is 0 Å². The lowest BCUT2D eigenvalue weighted by Crippen LogP contribution is -2.13. The molecule has 1 unspecified atom stereocenters. The number of carbonyl (C=O) groups is 1. The molecule has 3 nitrogen and oxygen atoms in total. The maximum absolute atomic E-state index is 12.2. The van der Waals surface area contributed by atoms with Gasteiger partial charge in [0.15, 0.2) is 5.78 Å². The normalized spacial score (nSPS) is 12.3. The Labute approximate surface area is 111 Å². The molecule has 1 aromatic carbocycles. The van der Waals surface area contributed by atoms with Crippen molar-refractivity contribution in [3.63, 3.8) is 0 Å². The Morgan fingerprint density at radius 2 is 2.11 bits per heavy atom. The molecule has 0 bridgehead atoms. The van der Waals surface area contributed by atoms with Crippen LogP contribution in [0.15, 0.2) is 46.4 Å². The molecule has 0 aliphatic carbocycles. The topological polar surface area (TPSA) is 43.1 Å². The second-order valence-corrected chi connectivity index (χ2v) is 5.26. The van der Waals surface area contributed by atoms with Crippen LogP contribution in [0.5, 0.6) is 0 Å². The van der Waals surface area contributed by atoms with E-state index in [9.17, 15) is 4.79 Å². The minimum Gasteiger partial charge on any atom is -0.440 e. The Hall–Kier alpha value is -1.55. The first-order chi connectivity index (χ1) is 8.70. The minimum absolute atomic E-state index is 0.0980. The van der Waals surface area contributed by atoms with Crippen molar-refractivity contribution in [2.45, 2.75) is 30.7 Å². The summed E-state index contributed by atoms with van der Waals surface area (Å²) in [6.45, 7) is 3.96. The molecule has 4 heteroatoms. The van der Waals surface area contributed by atoms with Gasteiger partial charge in [-0.15, -0.1) is 0 Å². The van der Waals surface area contributed by atoms with E-state index in [1.807, 2.05) is 31.2 Å². The van der Waals surface area contributed by atoms with E-state index in [0.29, 0.717) is 5.22 Å².